The zero-order valence-electron chi connectivity index (χ0n) is 14.3. The van der Waals surface area contributed by atoms with Gasteiger partial charge >= 0.3 is 0 Å². The van der Waals surface area contributed by atoms with Gasteiger partial charge in [0.05, 0.1) is 18.8 Å². The minimum absolute atomic E-state index is 0.124. The first-order valence-electron chi connectivity index (χ1n) is 7.94. The number of hydrogen-bond donors (Lipinski definition) is 1. The van der Waals surface area contributed by atoms with E-state index in [-0.39, 0.29) is 5.54 Å². The minimum Gasteiger partial charge on any atom is -0.465 e. The Balaban J connectivity index is 1.95. The number of furan rings is 1. The van der Waals surface area contributed by atoms with Crippen molar-refractivity contribution in [3.05, 3.63) is 23.2 Å². The van der Waals surface area contributed by atoms with Gasteiger partial charge in [0.2, 0.25) is 0 Å². The van der Waals surface area contributed by atoms with Crippen LogP contribution in [0.1, 0.15) is 51.7 Å². The Kier molecular flexibility index (Phi) is 5.12. The van der Waals surface area contributed by atoms with Crippen molar-refractivity contribution in [3.63, 3.8) is 0 Å². The van der Waals surface area contributed by atoms with Crippen molar-refractivity contribution < 1.29 is 9.15 Å². The third-order valence-electron chi connectivity index (χ3n) is 3.76. The van der Waals surface area contributed by atoms with Crippen molar-refractivity contribution in [1.29, 1.82) is 0 Å². The first-order valence-corrected chi connectivity index (χ1v) is 7.94. The molecule has 2 heterocycles. The van der Waals surface area contributed by atoms with Crippen LogP contribution in [-0.2, 0) is 17.8 Å². The quantitative estimate of drug-likeness (QED) is 0.926. The molecule has 2 rings (SSSR count). The predicted octanol–water partition coefficient (Wildman–Crippen LogP) is 3.09. The lowest BCUT2D eigenvalue weighted by molar-refractivity contribution is -0.0718. The molecule has 0 saturated carbocycles. The van der Waals surface area contributed by atoms with Gasteiger partial charge in [-0.1, -0.05) is 0 Å². The second-order valence-corrected chi connectivity index (χ2v) is 7.35. The maximum atomic E-state index is 5.93. The van der Waals surface area contributed by atoms with Crippen LogP contribution in [0.5, 0.6) is 0 Å². The summed E-state index contributed by atoms with van der Waals surface area (Å²) in [5.41, 5.74) is 1.38. The van der Waals surface area contributed by atoms with Crippen LogP contribution in [0.25, 0.3) is 0 Å². The van der Waals surface area contributed by atoms with Crippen LogP contribution < -0.4 is 5.32 Å². The normalized spacial score (nSPS) is 24.5. The number of morpholine rings is 1. The predicted molar refractivity (Wildman–Crippen MR) is 85.3 cm³/mol. The summed E-state index contributed by atoms with van der Waals surface area (Å²) in [6, 6.07) is 2.19. The van der Waals surface area contributed by atoms with Gasteiger partial charge in [-0.2, -0.15) is 0 Å². The number of nitrogens with one attached hydrogen (secondary N) is 1. The molecule has 0 bridgehead atoms. The van der Waals surface area contributed by atoms with Crippen molar-refractivity contribution in [1.82, 2.24) is 10.2 Å². The number of ether oxygens (including phenoxy) is 1. The van der Waals surface area contributed by atoms with Crippen LogP contribution in [0.15, 0.2) is 10.5 Å². The van der Waals surface area contributed by atoms with Crippen molar-refractivity contribution in [2.24, 2.45) is 0 Å². The molecule has 0 aliphatic carbocycles. The van der Waals surface area contributed by atoms with Crippen molar-refractivity contribution in [3.8, 4) is 0 Å². The molecule has 2 unspecified atom stereocenters. The van der Waals surface area contributed by atoms with E-state index in [4.69, 9.17) is 9.15 Å². The zero-order chi connectivity index (χ0) is 15.6. The maximum Gasteiger partial charge on any atom is 0.118 e. The maximum absolute atomic E-state index is 5.93. The molecule has 1 aromatic heterocycles. The fraction of sp³-hybridized carbons (Fsp3) is 0.765. The van der Waals surface area contributed by atoms with E-state index in [9.17, 15) is 0 Å². The molecule has 1 N–H and O–H groups in total. The smallest absolute Gasteiger partial charge is 0.118 e. The molecule has 120 valence electrons. The van der Waals surface area contributed by atoms with Crippen LogP contribution in [-0.4, -0.2) is 35.7 Å². The Morgan fingerprint density at radius 1 is 1.24 bits per heavy atom. The lowest BCUT2D eigenvalue weighted by Crippen LogP contribution is -2.44. The molecule has 1 aliphatic rings. The van der Waals surface area contributed by atoms with E-state index in [1.807, 2.05) is 6.92 Å². The molecule has 4 nitrogen and oxygen atoms in total. The third-order valence-corrected chi connectivity index (χ3v) is 3.76. The summed E-state index contributed by atoms with van der Waals surface area (Å²) in [6.45, 7) is 16.5. The summed E-state index contributed by atoms with van der Waals surface area (Å²) in [5, 5.41) is 3.52. The van der Waals surface area contributed by atoms with E-state index in [0.717, 1.165) is 37.7 Å². The molecule has 1 aliphatic heterocycles. The monoisotopic (exact) mass is 294 g/mol. The van der Waals surface area contributed by atoms with Crippen molar-refractivity contribution in [2.75, 3.05) is 13.1 Å². The third kappa shape index (κ3) is 5.13. The molecule has 0 amide bonds. The van der Waals surface area contributed by atoms with Gasteiger partial charge in [0.1, 0.15) is 11.5 Å². The second-order valence-electron chi connectivity index (χ2n) is 7.35. The minimum atomic E-state index is 0.124. The Bertz CT molecular complexity index is 452. The molecule has 1 fully saturated rings. The highest BCUT2D eigenvalue weighted by Gasteiger charge is 2.23. The standard InChI is InChI=1S/C17H30N2O2/c1-12-9-19(10-13(2)20-12)11-16-7-15(14(3)21-16)8-18-17(4,5)6/h7,12-13,18H,8-11H2,1-6H3. The van der Waals surface area contributed by atoms with Gasteiger partial charge < -0.3 is 14.5 Å². The molecular formula is C17H30N2O2. The van der Waals surface area contributed by atoms with E-state index in [1.165, 1.54) is 5.56 Å². The van der Waals surface area contributed by atoms with Gasteiger partial charge in [0.15, 0.2) is 0 Å². The van der Waals surface area contributed by atoms with Gasteiger partial charge in [0.25, 0.3) is 0 Å². The van der Waals surface area contributed by atoms with Gasteiger partial charge in [-0.15, -0.1) is 0 Å². The summed E-state index contributed by atoms with van der Waals surface area (Å²) in [4.78, 5) is 2.41. The first kappa shape index (κ1) is 16.5. The van der Waals surface area contributed by atoms with E-state index >= 15 is 0 Å². The fourth-order valence-electron chi connectivity index (χ4n) is 2.84. The van der Waals surface area contributed by atoms with E-state index in [0.29, 0.717) is 12.2 Å². The van der Waals surface area contributed by atoms with E-state index in [2.05, 4.69) is 50.9 Å². The summed E-state index contributed by atoms with van der Waals surface area (Å²) in [7, 11) is 0. The molecule has 1 aromatic rings. The molecule has 1 saturated heterocycles. The molecule has 2 atom stereocenters. The largest absolute Gasteiger partial charge is 0.465 e. The number of nitrogens with zero attached hydrogens (tertiary/aromatic N) is 1. The van der Waals surface area contributed by atoms with Crippen LogP contribution in [0.2, 0.25) is 0 Å². The number of hydrogen-bond acceptors (Lipinski definition) is 4. The SMILES string of the molecule is Cc1oc(CN2CC(C)OC(C)C2)cc1CNC(C)(C)C. The fourth-order valence-corrected chi connectivity index (χ4v) is 2.84. The average Bonchev–Trinajstić information content (AvgIpc) is 2.64. The lowest BCUT2D eigenvalue weighted by Gasteiger charge is -2.34. The molecule has 4 heteroatoms. The van der Waals surface area contributed by atoms with E-state index in [1.54, 1.807) is 0 Å². The zero-order valence-corrected chi connectivity index (χ0v) is 14.3. The van der Waals surface area contributed by atoms with Gasteiger partial charge in [-0.05, 0) is 47.6 Å². The van der Waals surface area contributed by atoms with Crippen LogP contribution >= 0.6 is 0 Å². The highest BCUT2D eigenvalue weighted by atomic mass is 16.5. The Hall–Kier alpha value is -0.840. The summed E-state index contributed by atoms with van der Waals surface area (Å²) < 4.78 is 11.7. The number of aryl methyl sites for hydroxylation is 1. The van der Waals surface area contributed by atoms with Gasteiger partial charge in [0, 0.05) is 30.7 Å². The average molecular weight is 294 g/mol. The Morgan fingerprint density at radius 2 is 1.86 bits per heavy atom. The summed E-state index contributed by atoms with van der Waals surface area (Å²) in [5.74, 6) is 2.08. The van der Waals surface area contributed by atoms with E-state index < -0.39 is 0 Å². The van der Waals surface area contributed by atoms with Gasteiger partial charge in [-0.3, -0.25) is 4.90 Å². The highest BCUT2D eigenvalue weighted by molar-refractivity contribution is 5.21. The first-order chi connectivity index (χ1) is 9.73. The molecule has 0 radical (unpaired) electrons. The molecule has 0 spiro atoms. The molecular weight excluding hydrogens is 264 g/mol. The highest BCUT2D eigenvalue weighted by Crippen LogP contribution is 2.19. The van der Waals surface area contributed by atoms with Crippen molar-refractivity contribution in [2.45, 2.75) is 72.4 Å². The Labute approximate surface area is 128 Å². The summed E-state index contributed by atoms with van der Waals surface area (Å²) in [6.07, 6.45) is 0.596. The van der Waals surface area contributed by atoms with Crippen LogP contribution in [0, 0.1) is 6.92 Å². The van der Waals surface area contributed by atoms with Crippen LogP contribution in [0.3, 0.4) is 0 Å². The second kappa shape index (κ2) is 6.51. The number of rotatable bonds is 4. The molecule has 21 heavy (non-hydrogen) atoms. The topological polar surface area (TPSA) is 37.6 Å². The Morgan fingerprint density at radius 3 is 2.43 bits per heavy atom. The molecule has 0 aromatic carbocycles. The van der Waals surface area contributed by atoms with Crippen molar-refractivity contribution >= 4 is 0 Å². The van der Waals surface area contributed by atoms with Gasteiger partial charge in [-0.25, -0.2) is 0 Å². The lowest BCUT2D eigenvalue weighted by atomic mass is 10.1. The summed E-state index contributed by atoms with van der Waals surface area (Å²) >= 11 is 0. The van der Waals surface area contributed by atoms with Crippen LogP contribution in [0.4, 0.5) is 0 Å².